The summed E-state index contributed by atoms with van der Waals surface area (Å²) in [5.41, 5.74) is 0. The zero-order chi connectivity index (χ0) is 16.0. The second-order valence-electron chi connectivity index (χ2n) is 3.34. The van der Waals surface area contributed by atoms with Gasteiger partial charge < -0.3 is 12.5 Å². The zero-order valence-electron chi connectivity index (χ0n) is 11.1. The van der Waals surface area contributed by atoms with E-state index in [1.165, 1.54) is 6.07 Å². The van der Waals surface area contributed by atoms with Crippen molar-refractivity contribution >= 4 is 32.8 Å². The van der Waals surface area contributed by atoms with E-state index in [2.05, 4.69) is 12.5 Å². The van der Waals surface area contributed by atoms with Crippen LogP contribution in [-0.2, 0) is 41.2 Å². The molecule has 21 heavy (non-hydrogen) atoms. The van der Waals surface area contributed by atoms with Crippen LogP contribution in [0.1, 0.15) is 0 Å². The van der Waals surface area contributed by atoms with Crippen molar-refractivity contribution in [2.24, 2.45) is 0 Å². The summed E-state index contributed by atoms with van der Waals surface area (Å²) in [6.45, 7) is 0. The second-order valence-corrected chi connectivity index (χ2v) is 6.73. The fourth-order valence-corrected chi connectivity index (χ4v) is 2.18. The van der Waals surface area contributed by atoms with Crippen molar-refractivity contribution < 1.29 is 37.8 Å². The van der Waals surface area contributed by atoms with Crippen LogP contribution in [0.5, 0.6) is 17.2 Å². The van der Waals surface area contributed by atoms with Gasteiger partial charge in [0.25, 0.3) is 0 Å². The first-order valence-corrected chi connectivity index (χ1v) is 8.89. The van der Waals surface area contributed by atoms with Gasteiger partial charge in [-0.25, -0.2) is 0 Å². The van der Waals surface area contributed by atoms with Crippen LogP contribution in [0.15, 0.2) is 18.2 Å². The van der Waals surface area contributed by atoms with Crippen molar-refractivity contribution in [2.45, 2.75) is 0 Å². The summed E-state index contributed by atoms with van der Waals surface area (Å²) >= 11 is -4.20. The maximum absolute atomic E-state index is 11.1. The first kappa shape index (κ1) is 17.8. The molecule has 0 aliphatic rings. The lowest BCUT2D eigenvalue weighted by Gasteiger charge is -2.09. The Morgan fingerprint density at radius 3 is 1.57 bits per heavy atom. The van der Waals surface area contributed by atoms with Gasteiger partial charge in [0, 0.05) is 18.2 Å². The Bertz CT molecular complexity index is 604. The highest BCUT2D eigenvalue weighted by atomic mass is 32.2. The van der Waals surface area contributed by atoms with Gasteiger partial charge in [0.15, 0.2) is 0 Å². The molecular formula is C9H12O9S3. The molecule has 2 atom stereocenters. The minimum absolute atomic E-state index is 0.0839. The molecule has 0 aliphatic carbocycles. The van der Waals surface area contributed by atoms with Crippen molar-refractivity contribution in [1.82, 2.24) is 0 Å². The molecular weight excluding hydrogens is 348 g/mol. The normalized spacial score (nSPS) is 14.2. The Kier molecular flexibility index (Phi) is 6.54. The fraction of sp³-hybridized carbons (Fsp3) is 0.333. The van der Waals surface area contributed by atoms with E-state index in [4.69, 9.17) is 8.37 Å². The van der Waals surface area contributed by atoms with E-state index >= 15 is 0 Å². The van der Waals surface area contributed by atoms with Crippen LogP contribution in [0.25, 0.3) is 0 Å². The standard InChI is InChI=1S/C9H12O9S3/c1-14-19(10)16-7-4-8(17-20(11)15-2)6-9(5-7)18-21(3,12)13/h4-6H,1-3H3. The molecule has 0 aliphatic heterocycles. The molecule has 0 bridgehead atoms. The summed E-state index contributed by atoms with van der Waals surface area (Å²) in [5.74, 6) is -0.356. The van der Waals surface area contributed by atoms with Crippen molar-refractivity contribution in [1.29, 1.82) is 0 Å². The molecule has 12 heteroatoms. The van der Waals surface area contributed by atoms with E-state index < -0.39 is 32.8 Å². The van der Waals surface area contributed by atoms with E-state index in [-0.39, 0.29) is 17.2 Å². The van der Waals surface area contributed by atoms with Crippen LogP contribution < -0.4 is 12.5 Å². The summed E-state index contributed by atoms with van der Waals surface area (Å²) in [5, 5.41) is 0. The minimum Gasteiger partial charge on any atom is -0.382 e. The topological polar surface area (TPSA) is 114 Å². The molecule has 1 aromatic rings. The average molecular weight is 360 g/mol. The van der Waals surface area contributed by atoms with E-state index in [0.717, 1.165) is 32.6 Å². The Morgan fingerprint density at radius 2 is 1.24 bits per heavy atom. The lowest BCUT2D eigenvalue weighted by molar-refractivity contribution is 0.378. The molecule has 0 spiro atoms. The minimum atomic E-state index is -3.80. The maximum atomic E-state index is 11.1. The van der Waals surface area contributed by atoms with E-state index in [0.29, 0.717) is 0 Å². The van der Waals surface area contributed by atoms with Crippen molar-refractivity contribution in [3.63, 3.8) is 0 Å². The van der Waals surface area contributed by atoms with Crippen LogP contribution >= 0.6 is 0 Å². The third-order valence-corrected chi connectivity index (χ3v) is 3.40. The van der Waals surface area contributed by atoms with Crippen LogP contribution in [0.4, 0.5) is 0 Å². The first-order valence-electron chi connectivity index (χ1n) is 5.07. The zero-order valence-corrected chi connectivity index (χ0v) is 13.6. The van der Waals surface area contributed by atoms with Gasteiger partial charge in [-0.2, -0.15) is 16.8 Å². The fourth-order valence-electron chi connectivity index (χ4n) is 1.09. The van der Waals surface area contributed by atoms with Gasteiger partial charge in [0.2, 0.25) is 0 Å². The molecule has 9 nitrogen and oxygen atoms in total. The predicted octanol–water partition coefficient (Wildman–Crippen LogP) is 0.233. The highest BCUT2D eigenvalue weighted by Crippen LogP contribution is 2.29. The molecule has 0 N–H and O–H groups in total. The van der Waals surface area contributed by atoms with Gasteiger partial charge in [-0.05, 0) is 0 Å². The van der Waals surface area contributed by atoms with E-state index in [1.807, 2.05) is 0 Å². The summed E-state index contributed by atoms with van der Waals surface area (Å²) in [6.07, 6.45) is 0.835. The Morgan fingerprint density at radius 1 is 0.857 bits per heavy atom. The molecule has 0 saturated heterocycles. The predicted molar refractivity (Wildman–Crippen MR) is 73.5 cm³/mol. The number of hydrogen-bond acceptors (Lipinski definition) is 9. The lowest BCUT2D eigenvalue weighted by atomic mass is 10.3. The Hall–Kier alpha value is -1.21. The molecule has 1 aromatic carbocycles. The van der Waals surface area contributed by atoms with Crippen LogP contribution in [0.3, 0.4) is 0 Å². The van der Waals surface area contributed by atoms with Crippen LogP contribution in [0, 0.1) is 0 Å². The third kappa shape index (κ3) is 6.86. The van der Waals surface area contributed by atoms with Crippen molar-refractivity contribution in [2.75, 3.05) is 20.5 Å². The molecule has 0 amide bonds. The molecule has 0 fully saturated rings. The van der Waals surface area contributed by atoms with Crippen molar-refractivity contribution in [3.8, 4) is 17.2 Å². The summed E-state index contributed by atoms with van der Waals surface area (Å²) < 4.78 is 67.6. The molecule has 1 rings (SSSR count). The molecule has 0 heterocycles. The van der Waals surface area contributed by atoms with Gasteiger partial charge >= 0.3 is 32.8 Å². The molecule has 0 saturated carbocycles. The molecule has 2 unspecified atom stereocenters. The number of benzene rings is 1. The Labute approximate surface area is 127 Å². The quantitative estimate of drug-likeness (QED) is 0.601. The van der Waals surface area contributed by atoms with E-state index in [9.17, 15) is 16.8 Å². The molecule has 0 aromatic heterocycles. The summed E-state index contributed by atoms with van der Waals surface area (Å²) in [6, 6.07) is 3.48. The average Bonchev–Trinajstić information content (AvgIpc) is 2.35. The summed E-state index contributed by atoms with van der Waals surface area (Å²) in [4.78, 5) is 0. The summed E-state index contributed by atoms with van der Waals surface area (Å²) in [7, 11) is -1.52. The smallest absolute Gasteiger partial charge is 0.359 e. The lowest BCUT2D eigenvalue weighted by Crippen LogP contribution is -2.08. The Balaban J connectivity index is 3.12. The van der Waals surface area contributed by atoms with Gasteiger partial charge in [-0.3, -0.25) is 8.37 Å². The van der Waals surface area contributed by atoms with Crippen LogP contribution in [-0.4, -0.2) is 37.3 Å². The van der Waals surface area contributed by atoms with E-state index in [1.54, 1.807) is 0 Å². The van der Waals surface area contributed by atoms with Crippen molar-refractivity contribution in [3.05, 3.63) is 18.2 Å². The highest BCUT2D eigenvalue weighted by Gasteiger charge is 2.13. The van der Waals surface area contributed by atoms with Gasteiger partial charge in [-0.15, -0.1) is 0 Å². The monoisotopic (exact) mass is 360 g/mol. The maximum Gasteiger partial charge on any atom is 0.359 e. The molecule has 0 radical (unpaired) electrons. The third-order valence-electron chi connectivity index (χ3n) is 1.70. The van der Waals surface area contributed by atoms with Gasteiger partial charge in [0.05, 0.1) is 20.5 Å². The van der Waals surface area contributed by atoms with Gasteiger partial charge in [0.1, 0.15) is 17.2 Å². The van der Waals surface area contributed by atoms with Crippen LogP contribution in [0.2, 0.25) is 0 Å². The largest absolute Gasteiger partial charge is 0.382 e. The first-order chi connectivity index (χ1) is 9.73. The highest BCUT2D eigenvalue weighted by molar-refractivity contribution is 7.86. The number of rotatable bonds is 8. The SMILES string of the molecule is COS(=O)Oc1cc(OS(=O)OC)cc(OS(C)(=O)=O)c1. The number of hydrogen-bond donors (Lipinski definition) is 0. The molecule has 120 valence electrons. The van der Waals surface area contributed by atoms with Gasteiger partial charge in [-0.1, -0.05) is 0 Å². The second kappa shape index (κ2) is 7.70.